The number of benzene rings is 3. The molecule has 0 aliphatic heterocycles. The molecular formula is C25H17ClFN5O. The number of aromatic amines is 1. The number of fused-ring (bicyclic) bond motifs is 2. The first kappa shape index (κ1) is 20.9. The van der Waals surface area contributed by atoms with Gasteiger partial charge in [-0.3, -0.25) is 9.48 Å². The molecule has 162 valence electrons. The molecule has 0 aliphatic rings. The van der Waals surface area contributed by atoms with Crippen molar-refractivity contribution in [2.45, 2.75) is 13.3 Å². The molecule has 5 rings (SSSR count). The highest BCUT2D eigenvalue weighted by Gasteiger charge is 2.25. The van der Waals surface area contributed by atoms with Crippen LogP contribution in [0, 0.1) is 17.1 Å². The van der Waals surface area contributed by atoms with Gasteiger partial charge >= 0.3 is 0 Å². The van der Waals surface area contributed by atoms with E-state index in [1.165, 1.54) is 4.68 Å². The van der Waals surface area contributed by atoms with Crippen LogP contribution in [-0.4, -0.2) is 20.0 Å². The molecule has 3 aromatic carbocycles. The minimum atomic E-state index is -0.676. The molecule has 2 aromatic heterocycles. The van der Waals surface area contributed by atoms with E-state index in [0.29, 0.717) is 39.2 Å². The molecule has 0 aliphatic carbocycles. The molecule has 0 saturated carbocycles. The molecule has 0 fully saturated rings. The zero-order valence-corrected chi connectivity index (χ0v) is 18.5. The number of halogens is 2. The van der Waals surface area contributed by atoms with E-state index in [4.69, 9.17) is 11.6 Å². The number of nitrogens with zero attached hydrogens (tertiary/aromatic N) is 4. The smallest absolute Gasteiger partial charge is 0.267 e. The molecule has 33 heavy (non-hydrogen) atoms. The second-order valence-electron chi connectivity index (χ2n) is 7.68. The van der Waals surface area contributed by atoms with Crippen molar-refractivity contribution in [2.75, 3.05) is 0 Å². The van der Waals surface area contributed by atoms with Gasteiger partial charge in [0.2, 0.25) is 0 Å². The summed E-state index contributed by atoms with van der Waals surface area (Å²) in [6, 6.07) is 14.5. The molecule has 5 aromatic rings. The van der Waals surface area contributed by atoms with Crippen LogP contribution in [-0.2, 0) is 13.5 Å². The molecule has 6 nitrogen and oxygen atoms in total. The third kappa shape index (κ3) is 3.11. The summed E-state index contributed by atoms with van der Waals surface area (Å²) in [4.78, 5) is 12.2. The molecule has 8 heteroatoms. The summed E-state index contributed by atoms with van der Waals surface area (Å²) in [5.74, 6) is -0.676. The van der Waals surface area contributed by atoms with Crippen molar-refractivity contribution in [3.63, 3.8) is 0 Å². The predicted molar refractivity (Wildman–Crippen MR) is 127 cm³/mol. The van der Waals surface area contributed by atoms with Crippen molar-refractivity contribution in [1.29, 1.82) is 5.26 Å². The van der Waals surface area contributed by atoms with Crippen LogP contribution < -0.4 is 5.56 Å². The van der Waals surface area contributed by atoms with Gasteiger partial charge in [-0.05, 0) is 24.1 Å². The maximum absolute atomic E-state index is 15.7. The maximum Gasteiger partial charge on any atom is 0.272 e. The normalized spacial score (nSPS) is 11.2. The Hall–Kier alpha value is -4.02. The van der Waals surface area contributed by atoms with Crippen molar-refractivity contribution in [3.05, 3.63) is 81.1 Å². The number of H-pyrrole nitrogens is 1. The lowest BCUT2D eigenvalue weighted by Gasteiger charge is -2.14. The van der Waals surface area contributed by atoms with Crippen molar-refractivity contribution in [2.24, 2.45) is 7.05 Å². The fraction of sp³-hybridized carbons (Fsp3) is 0.120. The Balaban J connectivity index is 1.85. The van der Waals surface area contributed by atoms with Crippen LogP contribution in [0.1, 0.15) is 18.2 Å². The van der Waals surface area contributed by atoms with E-state index in [1.807, 2.05) is 13.0 Å². The van der Waals surface area contributed by atoms with Gasteiger partial charge in [0.1, 0.15) is 6.07 Å². The fourth-order valence-electron chi connectivity index (χ4n) is 4.31. The Morgan fingerprint density at radius 3 is 2.64 bits per heavy atom. The van der Waals surface area contributed by atoms with Crippen LogP contribution in [0.5, 0.6) is 0 Å². The standard InChI is InChI=1S/C25H17ClFN5O/c1-3-20-17-10-13(8-9-16(17)25(33)31-30-20)19-12-29-32(2)24(19)21-18(11-28)14-6-4-5-7-15(14)22(26)23(21)27/h4-10,12H,3H2,1-2H3,(H,31,33). The number of aromatic nitrogens is 4. The van der Waals surface area contributed by atoms with Gasteiger partial charge in [0.25, 0.3) is 5.56 Å². The Morgan fingerprint density at radius 1 is 1.15 bits per heavy atom. The molecular weight excluding hydrogens is 441 g/mol. The average molecular weight is 458 g/mol. The van der Waals surface area contributed by atoms with Gasteiger partial charge in [0, 0.05) is 28.8 Å². The van der Waals surface area contributed by atoms with E-state index in [0.717, 1.165) is 11.3 Å². The second kappa shape index (κ2) is 7.84. The van der Waals surface area contributed by atoms with E-state index in [-0.39, 0.29) is 21.7 Å². The first-order valence-electron chi connectivity index (χ1n) is 10.3. The number of hydrogen-bond donors (Lipinski definition) is 1. The molecule has 0 unspecified atom stereocenters. The highest BCUT2D eigenvalue weighted by atomic mass is 35.5. The zero-order valence-electron chi connectivity index (χ0n) is 17.8. The lowest BCUT2D eigenvalue weighted by atomic mass is 9.92. The third-order valence-corrected chi connectivity index (χ3v) is 6.27. The van der Waals surface area contributed by atoms with E-state index < -0.39 is 5.82 Å². The van der Waals surface area contributed by atoms with Gasteiger partial charge in [0.05, 0.1) is 39.1 Å². The van der Waals surface area contributed by atoms with Gasteiger partial charge in [-0.15, -0.1) is 0 Å². The number of hydrogen-bond acceptors (Lipinski definition) is 4. The van der Waals surface area contributed by atoms with Crippen LogP contribution in [0.3, 0.4) is 0 Å². The highest BCUT2D eigenvalue weighted by molar-refractivity contribution is 6.36. The molecule has 0 spiro atoms. The fourth-order valence-corrected chi connectivity index (χ4v) is 4.56. The number of aryl methyl sites for hydroxylation is 2. The molecule has 0 atom stereocenters. The van der Waals surface area contributed by atoms with Crippen molar-refractivity contribution < 1.29 is 4.39 Å². The second-order valence-corrected chi connectivity index (χ2v) is 8.06. The molecule has 2 heterocycles. The minimum Gasteiger partial charge on any atom is -0.267 e. The first-order chi connectivity index (χ1) is 16.0. The Bertz CT molecular complexity index is 1680. The van der Waals surface area contributed by atoms with E-state index in [9.17, 15) is 10.1 Å². The number of nitriles is 1. The molecule has 0 amide bonds. The summed E-state index contributed by atoms with van der Waals surface area (Å²) < 4.78 is 17.2. The summed E-state index contributed by atoms with van der Waals surface area (Å²) in [7, 11) is 1.69. The SMILES string of the molecule is CCc1n[nH]c(=O)c2ccc(-c3cnn(C)c3-c3c(F)c(Cl)c4ccccc4c3C#N)cc12. The Labute approximate surface area is 192 Å². The van der Waals surface area contributed by atoms with Crippen molar-refractivity contribution in [3.8, 4) is 28.5 Å². The van der Waals surface area contributed by atoms with Crippen LogP contribution >= 0.6 is 11.6 Å². The summed E-state index contributed by atoms with van der Waals surface area (Å²) in [5, 5.41) is 23.2. The van der Waals surface area contributed by atoms with Crippen molar-refractivity contribution >= 4 is 33.1 Å². The average Bonchev–Trinajstić information content (AvgIpc) is 3.22. The molecule has 0 saturated heterocycles. The maximum atomic E-state index is 15.7. The summed E-state index contributed by atoms with van der Waals surface area (Å²) >= 11 is 6.40. The van der Waals surface area contributed by atoms with Gasteiger partial charge in [0.15, 0.2) is 5.82 Å². The van der Waals surface area contributed by atoms with E-state index in [2.05, 4.69) is 21.4 Å². The van der Waals surface area contributed by atoms with Gasteiger partial charge in [-0.2, -0.15) is 15.5 Å². The van der Waals surface area contributed by atoms with Gasteiger partial charge in [-0.1, -0.05) is 48.9 Å². The summed E-state index contributed by atoms with van der Waals surface area (Å²) in [5.41, 5.74) is 2.51. The Kier molecular flexibility index (Phi) is 4.95. The largest absolute Gasteiger partial charge is 0.272 e. The summed E-state index contributed by atoms with van der Waals surface area (Å²) in [6.45, 7) is 1.95. The zero-order chi connectivity index (χ0) is 23.3. The van der Waals surface area contributed by atoms with Crippen LogP contribution in [0.4, 0.5) is 4.39 Å². The van der Waals surface area contributed by atoms with Crippen LogP contribution in [0.15, 0.2) is 53.5 Å². The minimum absolute atomic E-state index is 0.0470. The molecule has 0 radical (unpaired) electrons. The van der Waals surface area contributed by atoms with Crippen molar-refractivity contribution in [1.82, 2.24) is 20.0 Å². The predicted octanol–water partition coefficient (Wildman–Crippen LogP) is 5.37. The lowest BCUT2D eigenvalue weighted by Crippen LogP contribution is -2.10. The van der Waals surface area contributed by atoms with Crippen LogP contribution in [0.2, 0.25) is 5.02 Å². The number of rotatable bonds is 3. The first-order valence-corrected chi connectivity index (χ1v) is 10.7. The molecule has 0 bridgehead atoms. The van der Waals surface area contributed by atoms with Crippen LogP contribution in [0.25, 0.3) is 43.9 Å². The summed E-state index contributed by atoms with van der Waals surface area (Å²) in [6.07, 6.45) is 2.25. The van der Waals surface area contributed by atoms with Gasteiger partial charge < -0.3 is 0 Å². The molecule has 1 N–H and O–H groups in total. The van der Waals surface area contributed by atoms with Gasteiger partial charge in [-0.25, -0.2) is 9.49 Å². The monoisotopic (exact) mass is 457 g/mol. The highest BCUT2D eigenvalue weighted by Crippen LogP contribution is 2.42. The van der Waals surface area contributed by atoms with E-state index >= 15 is 4.39 Å². The number of nitrogens with one attached hydrogen (secondary N) is 1. The lowest BCUT2D eigenvalue weighted by molar-refractivity contribution is 0.630. The third-order valence-electron chi connectivity index (χ3n) is 5.90. The quantitative estimate of drug-likeness (QED) is 0.394. The van der Waals surface area contributed by atoms with E-state index in [1.54, 1.807) is 49.6 Å². The Morgan fingerprint density at radius 2 is 1.91 bits per heavy atom. The topological polar surface area (TPSA) is 87.4 Å².